The van der Waals surface area contributed by atoms with Gasteiger partial charge >= 0.3 is 5.97 Å². The standard InChI is InChI=1S/C12H16N2O2/c1-8(2)12(15)16-9-5-6-10-11(7-9)14(4)13(10)3/h5-8H,1-4H3. The average molecular weight is 220 g/mol. The fraction of sp³-hybridized carbons (Fsp3) is 0.417. The number of carbonyl (C=O) groups excluding carboxylic acids is 1. The number of rotatable bonds is 2. The second kappa shape index (κ2) is 3.70. The fourth-order valence-electron chi connectivity index (χ4n) is 1.61. The number of esters is 1. The predicted octanol–water partition coefficient (Wildman–Crippen LogP) is 2.08. The molecule has 1 heterocycles. The van der Waals surface area contributed by atoms with E-state index in [1.165, 1.54) is 0 Å². The van der Waals surface area contributed by atoms with Gasteiger partial charge in [-0.05, 0) is 12.1 Å². The highest BCUT2D eigenvalue weighted by Crippen LogP contribution is 2.23. The van der Waals surface area contributed by atoms with Gasteiger partial charge in [0.15, 0.2) is 0 Å². The van der Waals surface area contributed by atoms with Crippen molar-refractivity contribution >= 4 is 17.0 Å². The predicted molar refractivity (Wildman–Crippen MR) is 62.4 cm³/mol. The van der Waals surface area contributed by atoms with Crippen molar-refractivity contribution in [3.8, 4) is 5.75 Å². The largest absolute Gasteiger partial charge is 0.426 e. The van der Waals surface area contributed by atoms with E-state index in [1.807, 2.05) is 55.5 Å². The number of aromatic nitrogens is 2. The van der Waals surface area contributed by atoms with Crippen LogP contribution in [0.1, 0.15) is 13.8 Å². The zero-order chi connectivity index (χ0) is 11.9. The smallest absolute Gasteiger partial charge is 0.313 e. The SMILES string of the molecule is CC(C)C(=O)Oc1ccc2c(c1)n(C)n2C. The number of carbonyl (C=O) groups is 1. The molecule has 0 saturated carbocycles. The first-order valence-electron chi connectivity index (χ1n) is 5.34. The van der Waals surface area contributed by atoms with Crippen LogP contribution in [0, 0.1) is 5.92 Å². The molecule has 2 aromatic rings. The van der Waals surface area contributed by atoms with Crippen LogP contribution in [0.2, 0.25) is 0 Å². The minimum Gasteiger partial charge on any atom is -0.426 e. The second-order valence-corrected chi connectivity index (χ2v) is 4.27. The molecule has 2 rings (SSSR count). The van der Waals surface area contributed by atoms with Crippen LogP contribution < -0.4 is 4.74 Å². The summed E-state index contributed by atoms with van der Waals surface area (Å²) in [4.78, 5) is 11.4. The lowest BCUT2D eigenvalue weighted by Gasteiger charge is -2.20. The third-order valence-electron chi connectivity index (χ3n) is 2.78. The maximum atomic E-state index is 11.4. The second-order valence-electron chi connectivity index (χ2n) is 4.27. The van der Waals surface area contributed by atoms with E-state index in [2.05, 4.69) is 0 Å². The van der Waals surface area contributed by atoms with Gasteiger partial charge in [0.1, 0.15) is 5.75 Å². The first-order valence-corrected chi connectivity index (χ1v) is 5.34. The maximum absolute atomic E-state index is 11.4. The number of fused-ring (bicyclic) bond motifs is 1. The molecule has 0 aliphatic rings. The first kappa shape index (κ1) is 10.8. The van der Waals surface area contributed by atoms with Crippen molar-refractivity contribution < 1.29 is 9.53 Å². The van der Waals surface area contributed by atoms with Gasteiger partial charge in [-0.1, -0.05) is 13.8 Å². The lowest BCUT2D eigenvalue weighted by Crippen LogP contribution is -2.18. The van der Waals surface area contributed by atoms with E-state index in [9.17, 15) is 4.79 Å². The summed E-state index contributed by atoms with van der Waals surface area (Å²) >= 11 is 0. The quantitative estimate of drug-likeness (QED) is 0.574. The van der Waals surface area contributed by atoms with Crippen molar-refractivity contribution in [2.24, 2.45) is 20.0 Å². The highest BCUT2D eigenvalue weighted by molar-refractivity contribution is 5.81. The Bertz CT molecular complexity index is 534. The molecule has 0 radical (unpaired) electrons. The number of benzene rings is 1. The molecule has 0 N–H and O–H groups in total. The topological polar surface area (TPSA) is 36.2 Å². The molecule has 4 heteroatoms. The van der Waals surface area contributed by atoms with Gasteiger partial charge in [0, 0.05) is 20.2 Å². The molecule has 0 amide bonds. The molecular formula is C12H16N2O2. The van der Waals surface area contributed by atoms with Gasteiger partial charge in [0.2, 0.25) is 0 Å². The molecule has 1 aromatic heterocycles. The van der Waals surface area contributed by atoms with Crippen molar-refractivity contribution in [3.63, 3.8) is 0 Å². The molecule has 4 nitrogen and oxygen atoms in total. The minimum atomic E-state index is -0.199. The summed E-state index contributed by atoms with van der Waals surface area (Å²) in [7, 11) is 3.96. The monoisotopic (exact) mass is 220 g/mol. The van der Waals surface area contributed by atoms with Crippen molar-refractivity contribution in [2.45, 2.75) is 13.8 Å². The molecule has 0 aliphatic carbocycles. The minimum absolute atomic E-state index is 0.105. The third kappa shape index (κ3) is 1.60. The van der Waals surface area contributed by atoms with Crippen molar-refractivity contribution in [1.82, 2.24) is 9.36 Å². The highest BCUT2D eigenvalue weighted by Gasteiger charge is 2.12. The van der Waals surface area contributed by atoms with E-state index in [-0.39, 0.29) is 11.9 Å². The van der Waals surface area contributed by atoms with Gasteiger partial charge in [-0.3, -0.25) is 14.2 Å². The number of nitrogens with zero attached hydrogens (tertiary/aromatic N) is 2. The zero-order valence-electron chi connectivity index (χ0n) is 10.0. The van der Waals surface area contributed by atoms with E-state index in [0.29, 0.717) is 5.75 Å². The van der Waals surface area contributed by atoms with E-state index in [1.54, 1.807) is 0 Å². The van der Waals surface area contributed by atoms with Crippen molar-refractivity contribution in [1.29, 1.82) is 0 Å². The lowest BCUT2D eigenvalue weighted by atomic mass is 10.2. The molecule has 0 fully saturated rings. The molecule has 0 spiro atoms. The zero-order valence-corrected chi connectivity index (χ0v) is 10.0. The van der Waals surface area contributed by atoms with E-state index < -0.39 is 0 Å². The van der Waals surface area contributed by atoms with Crippen LogP contribution in [-0.4, -0.2) is 15.3 Å². The van der Waals surface area contributed by atoms with Crippen LogP contribution in [0.15, 0.2) is 18.2 Å². The summed E-state index contributed by atoms with van der Waals surface area (Å²) in [6.07, 6.45) is 0. The summed E-state index contributed by atoms with van der Waals surface area (Å²) in [5, 5.41) is 0. The fourth-order valence-corrected chi connectivity index (χ4v) is 1.61. The molecule has 0 bridgehead atoms. The molecule has 0 aliphatic heterocycles. The Balaban J connectivity index is 2.27. The summed E-state index contributed by atoms with van der Waals surface area (Å²) in [6, 6.07) is 5.66. The Labute approximate surface area is 94.4 Å². The van der Waals surface area contributed by atoms with Crippen LogP contribution in [0.5, 0.6) is 5.75 Å². The summed E-state index contributed by atoms with van der Waals surface area (Å²) in [5.74, 6) is 0.305. The molecule has 1 aromatic carbocycles. The number of ether oxygens (including phenoxy) is 1. The van der Waals surface area contributed by atoms with Gasteiger partial charge in [-0.2, -0.15) is 0 Å². The Morgan fingerprint density at radius 1 is 1.19 bits per heavy atom. The van der Waals surface area contributed by atoms with Gasteiger partial charge < -0.3 is 4.74 Å². The average Bonchev–Trinajstić information content (AvgIpc) is 2.27. The van der Waals surface area contributed by atoms with E-state index in [4.69, 9.17) is 4.74 Å². The molecule has 86 valence electrons. The Morgan fingerprint density at radius 3 is 2.44 bits per heavy atom. The highest BCUT2D eigenvalue weighted by atomic mass is 16.5. The normalized spacial score (nSPS) is 11.3. The molecule has 16 heavy (non-hydrogen) atoms. The number of aryl methyl sites for hydroxylation is 2. The van der Waals surface area contributed by atoms with Crippen LogP contribution in [0.4, 0.5) is 0 Å². The lowest BCUT2D eigenvalue weighted by molar-refractivity contribution is -0.137. The van der Waals surface area contributed by atoms with Crippen LogP contribution in [0.25, 0.3) is 11.0 Å². The molecule has 0 unspecified atom stereocenters. The first-order chi connectivity index (χ1) is 7.50. The van der Waals surface area contributed by atoms with Gasteiger partial charge in [0.05, 0.1) is 17.0 Å². The Kier molecular flexibility index (Phi) is 2.50. The number of hydrogen-bond acceptors (Lipinski definition) is 2. The van der Waals surface area contributed by atoms with Crippen LogP contribution >= 0.6 is 0 Å². The third-order valence-corrected chi connectivity index (χ3v) is 2.78. The van der Waals surface area contributed by atoms with Gasteiger partial charge in [-0.15, -0.1) is 0 Å². The number of hydrogen-bond donors (Lipinski definition) is 0. The van der Waals surface area contributed by atoms with E-state index in [0.717, 1.165) is 11.0 Å². The van der Waals surface area contributed by atoms with Crippen molar-refractivity contribution in [3.05, 3.63) is 18.2 Å². The maximum Gasteiger partial charge on any atom is 0.313 e. The molecule has 0 atom stereocenters. The van der Waals surface area contributed by atoms with Gasteiger partial charge in [0.25, 0.3) is 0 Å². The molecule has 0 saturated heterocycles. The van der Waals surface area contributed by atoms with Crippen molar-refractivity contribution in [2.75, 3.05) is 0 Å². The van der Waals surface area contributed by atoms with Crippen LogP contribution in [0.3, 0.4) is 0 Å². The summed E-state index contributed by atoms with van der Waals surface area (Å²) in [6.45, 7) is 3.65. The Hall–Kier alpha value is -1.71. The summed E-state index contributed by atoms with van der Waals surface area (Å²) in [5.41, 5.74) is 2.23. The summed E-state index contributed by atoms with van der Waals surface area (Å²) < 4.78 is 9.28. The molecular weight excluding hydrogens is 204 g/mol. The Morgan fingerprint density at radius 2 is 1.81 bits per heavy atom. The van der Waals surface area contributed by atoms with Gasteiger partial charge in [-0.25, -0.2) is 0 Å². The van der Waals surface area contributed by atoms with E-state index >= 15 is 0 Å². The van der Waals surface area contributed by atoms with Crippen LogP contribution in [-0.2, 0) is 18.9 Å².